The normalized spacial score (nSPS) is 22.3. The zero-order chi connectivity index (χ0) is 20.3. The number of methoxy groups -OCH3 is 2. The number of carbonyl (C=O) groups excluding carboxylic acids is 2. The molecule has 9 nitrogen and oxygen atoms in total. The van der Waals surface area contributed by atoms with Crippen LogP contribution in [-0.4, -0.2) is 74.4 Å². The van der Waals surface area contributed by atoms with Gasteiger partial charge in [-0.05, 0) is 12.1 Å². The van der Waals surface area contributed by atoms with Crippen molar-refractivity contribution in [2.75, 3.05) is 45.4 Å². The standard InChI is InChI=1S/C19H24N2O7/c1-26-13-3-4-15(16(8-13)27-2)21-10-12(7-17(21)22)19(25)20-5-6-28-14(11-20)9-18(23)24/h3-4,8,12,14H,5-7,9-11H2,1-2H3,(H,23,24). The van der Waals surface area contributed by atoms with E-state index in [1.807, 2.05) is 0 Å². The van der Waals surface area contributed by atoms with Crippen LogP contribution in [0.1, 0.15) is 12.8 Å². The van der Waals surface area contributed by atoms with E-state index in [1.165, 1.54) is 7.11 Å². The molecule has 0 aliphatic carbocycles. The second-order valence-corrected chi connectivity index (χ2v) is 6.82. The van der Waals surface area contributed by atoms with Crippen LogP contribution in [0.4, 0.5) is 5.69 Å². The van der Waals surface area contributed by atoms with Gasteiger partial charge in [0.2, 0.25) is 11.8 Å². The van der Waals surface area contributed by atoms with E-state index in [9.17, 15) is 14.4 Å². The minimum absolute atomic E-state index is 0.106. The number of ether oxygens (including phenoxy) is 3. The predicted molar refractivity (Wildman–Crippen MR) is 98.6 cm³/mol. The summed E-state index contributed by atoms with van der Waals surface area (Å²) < 4.78 is 16.0. The average Bonchev–Trinajstić information content (AvgIpc) is 3.08. The first kappa shape index (κ1) is 19.9. The number of morpholine rings is 1. The van der Waals surface area contributed by atoms with E-state index in [0.29, 0.717) is 30.3 Å². The van der Waals surface area contributed by atoms with Gasteiger partial charge < -0.3 is 29.1 Å². The second kappa shape index (κ2) is 8.47. The molecule has 2 unspecified atom stereocenters. The third-order valence-corrected chi connectivity index (χ3v) is 5.00. The molecule has 0 spiro atoms. The maximum Gasteiger partial charge on any atom is 0.306 e. The largest absolute Gasteiger partial charge is 0.497 e. The van der Waals surface area contributed by atoms with Crippen LogP contribution >= 0.6 is 0 Å². The van der Waals surface area contributed by atoms with Crippen molar-refractivity contribution in [2.24, 2.45) is 5.92 Å². The van der Waals surface area contributed by atoms with Crippen molar-refractivity contribution in [3.63, 3.8) is 0 Å². The molecule has 28 heavy (non-hydrogen) atoms. The molecule has 9 heteroatoms. The molecule has 1 aromatic rings. The summed E-state index contributed by atoms with van der Waals surface area (Å²) in [6, 6.07) is 5.16. The van der Waals surface area contributed by atoms with Crippen LogP contribution in [0.3, 0.4) is 0 Å². The SMILES string of the molecule is COc1ccc(N2CC(C(=O)N3CCOC(CC(=O)O)C3)CC2=O)c(OC)c1. The smallest absolute Gasteiger partial charge is 0.306 e. The van der Waals surface area contributed by atoms with Crippen molar-refractivity contribution in [2.45, 2.75) is 18.9 Å². The lowest BCUT2D eigenvalue weighted by Crippen LogP contribution is -2.48. The number of anilines is 1. The van der Waals surface area contributed by atoms with E-state index >= 15 is 0 Å². The van der Waals surface area contributed by atoms with Crippen LogP contribution in [0.5, 0.6) is 11.5 Å². The molecule has 2 heterocycles. The zero-order valence-electron chi connectivity index (χ0n) is 15.9. The fraction of sp³-hybridized carbons (Fsp3) is 0.526. The number of carbonyl (C=O) groups is 3. The third-order valence-electron chi connectivity index (χ3n) is 5.00. The molecule has 0 aromatic heterocycles. The van der Waals surface area contributed by atoms with Gasteiger partial charge in [-0.2, -0.15) is 0 Å². The number of benzene rings is 1. The summed E-state index contributed by atoms with van der Waals surface area (Å²) in [4.78, 5) is 39.5. The quantitative estimate of drug-likeness (QED) is 0.762. The molecular formula is C19H24N2O7. The number of nitrogens with zero attached hydrogens (tertiary/aromatic N) is 2. The number of carboxylic acids is 1. The molecule has 3 rings (SSSR count). The first-order valence-electron chi connectivity index (χ1n) is 9.07. The van der Waals surface area contributed by atoms with Crippen molar-refractivity contribution in [1.29, 1.82) is 0 Å². The van der Waals surface area contributed by atoms with Crippen LogP contribution < -0.4 is 14.4 Å². The topological polar surface area (TPSA) is 106 Å². The van der Waals surface area contributed by atoms with Gasteiger partial charge in [0.1, 0.15) is 11.5 Å². The van der Waals surface area contributed by atoms with Crippen LogP contribution in [0, 0.1) is 5.92 Å². The summed E-state index contributed by atoms with van der Waals surface area (Å²) in [5, 5.41) is 8.93. The van der Waals surface area contributed by atoms with Crippen LogP contribution in [0.2, 0.25) is 0 Å². The minimum Gasteiger partial charge on any atom is -0.497 e. The van der Waals surface area contributed by atoms with E-state index in [4.69, 9.17) is 19.3 Å². The Bertz CT molecular complexity index is 767. The number of hydrogen-bond acceptors (Lipinski definition) is 6. The molecule has 0 radical (unpaired) electrons. The van der Waals surface area contributed by atoms with Crippen molar-refractivity contribution in [3.05, 3.63) is 18.2 Å². The molecule has 152 valence electrons. The molecule has 2 aliphatic rings. The van der Waals surface area contributed by atoms with E-state index in [1.54, 1.807) is 35.1 Å². The lowest BCUT2D eigenvalue weighted by Gasteiger charge is -2.33. The molecule has 2 aliphatic heterocycles. The minimum atomic E-state index is -0.965. The van der Waals surface area contributed by atoms with Gasteiger partial charge in [0.15, 0.2) is 0 Å². The zero-order valence-corrected chi connectivity index (χ0v) is 15.9. The van der Waals surface area contributed by atoms with E-state index < -0.39 is 18.0 Å². The van der Waals surface area contributed by atoms with E-state index in [2.05, 4.69) is 0 Å². The number of aliphatic carboxylic acids is 1. The van der Waals surface area contributed by atoms with E-state index in [-0.39, 0.29) is 37.7 Å². The number of hydrogen-bond donors (Lipinski definition) is 1. The third kappa shape index (κ3) is 4.19. The van der Waals surface area contributed by atoms with Crippen molar-refractivity contribution >= 4 is 23.5 Å². The maximum absolute atomic E-state index is 12.9. The van der Waals surface area contributed by atoms with Gasteiger partial charge in [-0.1, -0.05) is 0 Å². The molecule has 0 bridgehead atoms. The highest BCUT2D eigenvalue weighted by Gasteiger charge is 2.39. The Morgan fingerprint density at radius 3 is 2.71 bits per heavy atom. The van der Waals surface area contributed by atoms with Crippen LogP contribution in [-0.2, 0) is 19.1 Å². The van der Waals surface area contributed by atoms with Crippen LogP contribution in [0.25, 0.3) is 0 Å². The molecule has 2 fully saturated rings. The summed E-state index contributed by atoms with van der Waals surface area (Å²) >= 11 is 0. The maximum atomic E-state index is 12.9. The van der Waals surface area contributed by atoms with Gasteiger partial charge >= 0.3 is 5.97 Å². The number of carboxylic acid groups (broad SMARTS) is 1. The highest BCUT2D eigenvalue weighted by atomic mass is 16.5. The van der Waals surface area contributed by atoms with Gasteiger partial charge in [-0.15, -0.1) is 0 Å². The Kier molecular flexibility index (Phi) is 6.03. The Morgan fingerprint density at radius 2 is 2.04 bits per heavy atom. The molecule has 0 saturated carbocycles. The van der Waals surface area contributed by atoms with Crippen molar-refractivity contribution in [1.82, 2.24) is 4.90 Å². The van der Waals surface area contributed by atoms with Crippen molar-refractivity contribution < 1.29 is 33.7 Å². The number of rotatable bonds is 6. The highest BCUT2D eigenvalue weighted by Crippen LogP contribution is 2.36. The lowest BCUT2D eigenvalue weighted by molar-refractivity contribution is -0.149. The second-order valence-electron chi connectivity index (χ2n) is 6.82. The summed E-state index contributed by atoms with van der Waals surface area (Å²) in [5.74, 6) is -0.651. The fourth-order valence-corrected chi connectivity index (χ4v) is 3.61. The Balaban J connectivity index is 1.70. The lowest BCUT2D eigenvalue weighted by atomic mass is 10.1. The van der Waals surface area contributed by atoms with E-state index in [0.717, 1.165) is 0 Å². The van der Waals surface area contributed by atoms with Crippen LogP contribution in [0.15, 0.2) is 18.2 Å². The fourth-order valence-electron chi connectivity index (χ4n) is 3.61. The first-order chi connectivity index (χ1) is 13.4. The Labute approximate surface area is 162 Å². The summed E-state index contributed by atoms with van der Waals surface area (Å²) in [5.41, 5.74) is 0.592. The molecule has 2 amide bonds. The van der Waals surface area contributed by atoms with Gasteiger partial charge in [0.25, 0.3) is 0 Å². The number of amides is 2. The summed E-state index contributed by atoms with van der Waals surface area (Å²) in [7, 11) is 3.06. The summed E-state index contributed by atoms with van der Waals surface area (Å²) in [6.45, 7) is 1.16. The summed E-state index contributed by atoms with van der Waals surface area (Å²) in [6.07, 6.45) is -0.567. The average molecular weight is 392 g/mol. The molecular weight excluding hydrogens is 368 g/mol. The molecule has 2 saturated heterocycles. The monoisotopic (exact) mass is 392 g/mol. The molecule has 1 aromatic carbocycles. The highest BCUT2D eigenvalue weighted by molar-refractivity contribution is 6.01. The van der Waals surface area contributed by atoms with Gasteiger partial charge in [-0.25, -0.2) is 0 Å². The van der Waals surface area contributed by atoms with Gasteiger partial charge in [-0.3, -0.25) is 14.4 Å². The predicted octanol–water partition coefficient (Wildman–Crippen LogP) is 0.759. The van der Waals surface area contributed by atoms with Crippen molar-refractivity contribution in [3.8, 4) is 11.5 Å². The first-order valence-corrected chi connectivity index (χ1v) is 9.07. The molecule has 2 atom stereocenters. The Morgan fingerprint density at radius 1 is 1.25 bits per heavy atom. The molecule has 1 N–H and O–H groups in total. The van der Waals surface area contributed by atoms with Gasteiger partial charge in [0, 0.05) is 32.1 Å². The Hall–Kier alpha value is -2.81. The van der Waals surface area contributed by atoms with Gasteiger partial charge in [0.05, 0.1) is 45.0 Å².